The number of rotatable bonds is 5. The standard InChI is InChI=1S/C20H24BF3O4/c1-6-26-17(25)9-7-8-16(21-27-18(2,3)19(4,5)28-21)14-10-12-15(13-11-14)20(22,23)24/h7-13H,6H2,1-5H3/b9-7+,16-8+. The fourth-order valence-corrected chi connectivity index (χ4v) is 2.55. The number of esters is 1. The van der Waals surface area contributed by atoms with Crippen LogP contribution in [0.4, 0.5) is 13.2 Å². The molecule has 152 valence electrons. The van der Waals surface area contributed by atoms with Gasteiger partial charge in [-0.25, -0.2) is 4.79 Å². The number of hydrogen-bond acceptors (Lipinski definition) is 4. The Morgan fingerprint density at radius 3 is 2.11 bits per heavy atom. The Hall–Kier alpha value is -2.06. The Bertz CT molecular complexity index is 749. The van der Waals surface area contributed by atoms with Crippen molar-refractivity contribution in [3.63, 3.8) is 0 Å². The molecule has 1 aliphatic rings. The molecule has 2 rings (SSSR count). The van der Waals surface area contributed by atoms with Crippen molar-refractivity contribution < 1.29 is 32.0 Å². The highest BCUT2D eigenvalue weighted by molar-refractivity contribution is 6.69. The molecule has 0 atom stereocenters. The largest absolute Gasteiger partial charge is 0.495 e. The summed E-state index contributed by atoms with van der Waals surface area (Å²) < 4.78 is 55.5. The first kappa shape index (κ1) is 22.2. The molecule has 0 aromatic heterocycles. The number of carbonyl (C=O) groups is 1. The van der Waals surface area contributed by atoms with Gasteiger partial charge >= 0.3 is 19.3 Å². The van der Waals surface area contributed by atoms with Gasteiger partial charge in [0.05, 0.1) is 23.4 Å². The number of alkyl halides is 3. The molecule has 0 unspecified atom stereocenters. The highest BCUT2D eigenvalue weighted by Gasteiger charge is 2.52. The molecule has 1 aromatic rings. The lowest BCUT2D eigenvalue weighted by atomic mass is 9.73. The van der Waals surface area contributed by atoms with Gasteiger partial charge in [-0.2, -0.15) is 13.2 Å². The number of carbonyl (C=O) groups excluding carboxylic acids is 1. The minimum atomic E-state index is -4.42. The summed E-state index contributed by atoms with van der Waals surface area (Å²) in [5.74, 6) is -0.514. The third-order valence-electron chi connectivity index (χ3n) is 4.85. The van der Waals surface area contributed by atoms with Gasteiger partial charge in [-0.15, -0.1) is 0 Å². The first-order valence-electron chi connectivity index (χ1n) is 8.95. The SMILES string of the molecule is CCOC(=O)/C=C/C=C(/B1OC(C)(C)C(C)(C)O1)c1ccc(C(F)(F)F)cc1. The van der Waals surface area contributed by atoms with E-state index in [0.29, 0.717) is 11.0 Å². The molecule has 0 N–H and O–H groups in total. The van der Waals surface area contributed by atoms with E-state index in [-0.39, 0.29) is 6.61 Å². The van der Waals surface area contributed by atoms with Gasteiger partial charge < -0.3 is 14.0 Å². The summed E-state index contributed by atoms with van der Waals surface area (Å²) in [7, 11) is -0.798. The van der Waals surface area contributed by atoms with Crippen LogP contribution in [0.5, 0.6) is 0 Å². The number of benzene rings is 1. The van der Waals surface area contributed by atoms with E-state index in [9.17, 15) is 18.0 Å². The van der Waals surface area contributed by atoms with Gasteiger partial charge in [-0.05, 0) is 57.8 Å². The number of hydrogen-bond donors (Lipinski definition) is 0. The van der Waals surface area contributed by atoms with Crippen LogP contribution in [0.1, 0.15) is 45.7 Å². The van der Waals surface area contributed by atoms with E-state index in [1.165, 1.54) is 24.3 Å². The number of halogens is 3. The molecule has 1 aliphatic heterocycles. The van der Waals surface area contributed by atoms with Crippen molar-refractivity contribution in [2.24, 2.45) is 0 Å². The summed E-state index contributed by atoms with van der Waals surface area (Å²) in [6, 6.07) is 4.72. The molecule has 8 heteroatoms. The first-order valence-corrected chi connectivity index (χ1v) is 8.95. The molecule has 0 radical (unpaired) electrons. The molecule has 0 bridgehead atoms. The second-order valence-electron chi connectivity index (χ2n) is 7.40. The Kier molecular flexibility index (Phi) is 6.46. The van der Waals surface area contributed by atoms with Crippen LogP contribution in [0, 0.1) is 0 Å². The Morgan fingerprint density at radius 1 is 1.11 bits per heavy atom. The molecule has 1 saturated heterocycles. The van der Waals surface area contributed by atoms with Crippen LogP contribution >= 0.6 is 0 Å². The number of allylic oxidation sites excluding steroid dienone is 2. The van der Waals surface area contributed by atoms with Crippen LogP contribution < -0.4 is 0 Å². The Balaban J connectivity index is 2.38. The highest BCUT2D eigenvalue weighted by atomic mass is 19.4. The predicted molar refractivity (Wildman–Crippen MR) is 101 cm³/mol. The van der Waals surface area contributed by atoms with E-state index >= 15 is 0 Å². The molecule has 0 spiro atoms. The summed E-state index contributed by atoms with van der Waals surface area (Å²) in [6.07, 6.45) is -0.132. The summed E-state index contributed by atoms with van der Waals surface area (Å²) >= 11 is 0. The average molecular weight is 396 g/mol. The van der Waals surface area contributed by atoms with Gasteiger partial charge in [0, 0.05) is 6.08 Å². The lowest BCUT2D eigenvalue weighted by Crippen LogP contribution is -2.41. The van der Waals surface area contributed by atoms with Gasteiger partial charge in [0.15, 0.2) is 0 Å². The van der Waals surface area contributed by atoms with Crippen molar-refractivity contribution in [2.75, 3.05) is 6.61 Å². The minimum Gasteiger partial charge on any atom is -0.463 e. The normalized spacial score (nSPS) is 19.3. The molecule has 0 amide bonds. The second-order valence-corrected chi connectivity index (χ2v) is 7.40. The van der Waals surface area contributed by atoms with Gasteiger partial charge in [0.2, 0.25) is 0 Å². The van der Waals surface area contributed by atoms with Crippen LogP contribution in [0.2, 0.25) is 0 Å². The van der Waals surface area contributed by atoms with Crippen LogP contribution in [-0.2, 0) is 25.0 Å². The van der Waals surface area contributed by atoms with Gasteiger partial charge in [-0.3, -0.25) is 0 Å². The average Bonchev–Trinajstić information content (AvgIpc) is 2.79. The molecule has 28 heavy (non-hydrogen) atoms. The summed E-state index contributed by atoms with van der Waals surface area (Å²) in [6.45, 7) is 9.46. The zero-order chi connectivity index (χ0) is 21.2. The van der Waals surface area contributed by atoms with Crippen LogP contribution in [0.25, 0.3) is 5.47 Å². The van der Waals surface area contributed by atoms with E-state index in [1.54, 1.807) is 13.0 Å². The first-order chi connectivity index (χ1) is 12.9. The molecule has 1 fully saturated rings. The van der Waals surface area contributed by atoms with Crippen LogP contribution in [0.3, 0.4) is 0 Å². The third-order valence-corrected chi connectivity index (χ3v) is 4.85. The van der Waals surface area contributed by atoms with E-state index in [0.717, 1.165) is 12.1 Å². The predicted octanol–water partition coefficient (Wildman–Crippen LogP) is 4.84. The second kappa shape index (κ2) is 8.13. The zero-order valence-corrected chi connectivity index (χ0v) is 16.6. The summed E-state index contributed by atoms with van der Waals surface area (Å²) in [5, 5.41) is 0. The van der Waals surface area contributed by atoms with Crippen LogP contribution in [0.15, 0.2) is 42.5 Å². The lowest BCUT2D eigenvalue weighted by Gasteiger charge is -2.32. The molecular formula is C20H24BF3O4. The van der Waals surface area contributed by atoms with E-state index < -0.39 is 36.0 Å². The molecule has 0 saturated carbocycles. The van der Waals surface area contributed by atoms with Gasteiger partial charge in [0.25, 0.3) is 0 Å². The van der Waals surface area contributed by atoms with Crippen molar-refractivity contribution >= 4 is 18.6 Å². The van der Waals surface area contributed by atoms with Crippen molar-refractivity contribution in [2.45, 2.75) is 52.0 Å². The lowest BCUT2D eigenvalue weighted by molar-refractivity contribution is -0.138. The van der Waals surface area contributed by atoms with E-state index in [4.69, 9.17) is 14.0 Å². The molecule has 4 nitrogen and oxygen atoms in total. The summed E-state index contributed by atoms with van der Waals surface area (Å²) in [4.78, 5) is 11.5. The Labute approximate surface area is 163 Å². The van der Waals surface area contributed by atoms with Gasteiger partial charge in [-0.1, -0.05) is 24.3 Å². The fourth-order valence-electron chi connectivity index (χ4n) is 2.55. The minimum absolute atomic E-state index is 0.246. The maximum Gasteiger partial charge on any atom is 0.495 e. The topological polar surface area (TPSA) is 44.8 Å². The van der Waals surface area contributed by atoms with Crippen molar-refractivity contribution in [3.05, 3.63) is 53.6 Å². The molecule has 1 aromatic carbocycles. The highest BCUT2D eigenvalue weighted by Crippen LogP contribution is 2.41. The van der Waals surface area contributed by atoms with Crippen molar-refractivity contribution in [3.8, 4) is 0 Å². The molecular weight excluding hydrogens is 372 g/mol. The van der Waals surface area contributed by atoms with Crippen LogP contribution in [-0.4, -0.2) is 30.9 Å². The quantitative estimate of drug-likeness (QED) is 0.309. The zero-order valence-electron chi connectivity index (χ0n) is 16.6. The maximum atomic E-state index is 12.9. The van der Waals surface area contributed by atoms with E-state index in [2.05, 4.69) is 0 Å². The summed E-state index contributed by atoms with van der Waals surface area (Å²) in [5.41, 5.74) is -0.972. The van der Waals surface area contributed by atoms with Crippen molar-refractivity contribution in [1.82, 2.24) is 0 Å². The monoisotopic (exact) mass is 396 g/mol. The Morgan fingerprint density at radius 2 is 1.64 bits per heavy atom. The molecule has 1 heterocycles. The fraction of sp³-hybridized carbons (Fsp3) is 0.450. The molecule has 0 aliphatic carbocycles. The number of ether oxygens (including phenoxy) is 1. The van der Waals surface area contributed by atoms with Gasteiger partial charge in [0.1, 0.15) is 0 Å². The van der Waals surface area contributed by atoms with E-state index in [1.807, 2.05) is 27.7 Å². The smallest absolute Gasteiger partial charge is 0.463 e. The van der Waals surface area contributed by atoms with Crippen molar-refractivity contribution in [1.29, 1.82) is 0 Å². The third kappa shape index (κ3) is 5.05. The maximum absolute atomic E-state index is 12.9.